The Morgan fingerprint density at radius 3 is 2.54 bits per heavy atom. The van der Waals surface area contributed by atoms with Crippen LogP contribution < -0.4 is 20.1 Å². The molecular formula is C19H27ClN2O6. The van der Waals surface area contributed by atoms with E-state index in [1.165, 1.54) is 19.2 Å². The van der Waals surface area contributed by atoms with Gasteiger partial charge in [0.2, 0.25) is 0 Å². The molecule has 0 saturated carbocycles. The second-order valence-electron chi connectivity index (χ2n) is 6.40. The Bertz CT molecular complexity index is 693. The minimum atomic E-state index is -0.780. The molecule has 0 bridgehead atoms. The lowest BCUT2D eigenvalue weighted by molar-refractivity contribution is -0.123. The van der Waals surface area contributed by atoms with E-state index in [2.05, 4.69) is 24.5 Å². The SMILES string of the molecule is CCCNC(=O)NC(=O)COC(=O)c1cc(Cl)c(OCCC(C)C)c(OC)c1. The summed E-state index contributed by atoms with van der Waals surface area (Å²) in [7, 11) is 1.43. The number of methoxy groups -OCH3 is 1. The van der Waals surface area contributed by atoms with Crippen LogP contribution in [0.25, 0.3) is 0 Å². The lowest BCUT2D eigenvalue weighted by Crippen LogP contribution is -2.41. The van der Waals surface area contributed by atoms with Gasteiger partial charge < -0.3 is 19.5 Å². The number of amides is 3. The summed E-state index contributed by atoms with van der Waals surface area (Å²) in [6, 6.07) is 2.16. The van der Waals surface area contributed by atoms with Gasteiger partial charge in [-0.25, -0.2) is 9.59 Å². The number of esters is 1. The van der Waals surface area contributed by atoms with E-state index in [4.69, 9.17) is 25.8 Å². The fourth-order valence-corrected chi connectivity index (χ4v) is 2.30. The van der Waals surface area contributed by atoms with Gasteiger partial charge in [-0.2, -0.15) is 0 Å². The van der Waals surface area contributed by atoms with Gasteiger partial charge in [0.25, 0.3) is 5.91 Å². The summed E-state index contributed by atoms with van der Waals surface area (Å²) in [6.45, 7) is 6.31. The van der Waals surface area contributed by atoms with Gasteiger partial charge in [-0.1, -0.05) is 32.4 Å². The number of imide groups is 1. The highest BCUT2D eigenvalue weighted by molar-refractivity contribution is 6.32. The Balaban J connectivity index is 2.69. The molecule has 0 saturated heterocycles. The minimum absolute atomic E-state index is 0.0984. The summed E-state index contributed by atoms with van der Waals surface area (Å²) < 4.78 is 15.8. The summed E-state index contributed by atoms with van der Waals surface area (Å²) in [6.07, 6.45) is 1.57. The molecule has 3 amide bonds. The van der Waals surface area contributed by atoms with Crippen LogP contribution in [0.1, 0.15) is 44.0 Å². The van der Waals surface area contributed by atoms with Crippen molar-refractivity contribution in [2.45, 2.75) is 33.6 Å². The van der Waals surface area contributed by atoms with E-state index >= 15 is 0 Å². The first kappa shape index (κ1) is 23.6. The molecule has 0 unspecified atom stereocenters. The van der Waals surface area contributed by atoms with Crippen molar-refractivity contribution >= 4 is 29.5 Å². The lowest BCUT2D eigenvalue weighted by Gasteiger charge is -2.14. The maximum Gasteiger partial charge on any atom is 0.338 e. The van der Waals surface area contributed by atoms with Gasteiger partial charge in [0.15, 0.2) is 18.1 Å². The van der Waals surface area contributed by atoms with Crippen LogP contribution in [0.3, 0.4) is 0 Å². The zero-order valence-electron chi connectivity index (χ0n) is 16.6. The van der Waals surface area contributed by atoms with Crippen LogP contribution in [0, 0.1) is 5.92 Å². The standard InChI is InChI=1S/C19H27ClN2O6/c1-5-7-21-19(25)22-16(23)11-28-18(24)13-9-14(20)17(15(10-13)26-4)27-8-6-12(2)3/h9-10,12H,5-8,11H2,1-4H3,(H2,21,22,23,25). The number of nitrogens with one attached hydrogen (secondary N) is 2. The van der Waals surface area contributed by atoms with E-state index < -0.39 is 24.5 Å². The Morgan fingerprint density at radius 2 is 1.93 bits per heavy atom. The summed E-state index contributed by atoms with van der Waals surface area (Å²) in [5.74, 6) is -0.431. The molecule has 0 heterocycles. The number of benzene rings is 1. The molecule has 0 aliphatic rings. The Labute approximate surface area is 169 Å². The van der Waals surface area contributed by atoms with Crippen LogP contribution in [0.2, 0.25) is 5.02 Å². The van der Waals surface area contributed by atoms with Crippen LogP contribution in [-0.4, -0.2) is 44.8 Å². The average Bonchev–Trinajstić information content (AvgIpc) is 2.64. The predicted octanol–water partition coefficient (Wildman–Crippen LogP) is 3.17. The first-order chi connectivity index (χ1) is 13.3. The molecule has 1 aromatic rings. The molecule has 156 valence electrons. The van der Waals surface area contributed by atoms with E-state index in [1.54, 1.807) is 0 Å². The van der Waals surface area contributed by atoms with Gasteiger partial charge in [-0.05, 0) is 30.9 Å². The highest BCUT2D eigenvalue weighted by atomic mass is 35.5. The molecule has 0 aliphatic heterocycles. The fraction of sp³-hybridized carbons (Fsp3) is 0.526. The lowest BCUT2D eigenvalue weighted by atomic mass is 10.1. The first-order valence-electron chi connectivity index (χ1n) is 9.03. The van der Waals surface area contributed by atoms with Gasteiger partial charge in [0.1, 0.15) is 0 Å². The quantitative estimate of drug-likeness (QED) is 0.570. The third-order valence-electron chi connectivity index (χ3n) is 3.53. The van der Waals surface area contributed by atoms with Crippen molar-refractivity contribution < 1.29 is 28.6 Å². The number of halogens is 1. The van der Waals surface area contributed by atoms with E-state index in [0.717, 1.165) is 12.8 Å². The van der Waals surface area contributed by atoms with Crippen molar-refractivity contribution in [3.8, 4) is 11.5 Å². The minimum Gasteiger partial charge on any atom is -0.493 e. The molecule has 0 aliphatic carbocycles. The first-order valence-corrected chi connectivity index (χ1v) is 9.41. The van der Waals surface area contributed by atoms with Gasteiger partial charge >= 0.3 is 12.0 Å². The highest BCUT2D eigenvalue weighted by Gasteiger charge is 2.18. The summed E-state index contributed by atoms with van der Waals surface area (Å²) in [4.78, 5) is 35.2. The molecule has 0 fully saturated rings. The van der Waals surface area contributed by atoms with E-state index in [0.29, 0.717) is 24.8 Å². The average molecular weight is 415 g/mol. The maximum absolute atomic E-state index is 12.2. The van der Waals surface area contributed by atoms with E-state index in [1.807, 2.05) is 6.92 Å². The molecule has 0 spiro atoms. The topological polar surface area (TPSA) is 103 Å². The molecule has 8 nitrogen and oxygen atoms in total. The number of carbonyl (C=O) groups is 3. The Morgan fingerprint density at radius 1 is 1.21 bits per heavy atom. The third kappa shape index (κ3) is 8.04. The number of ether oxygens (including phenoxy) is 3. The molecule has 1 aromatic carbocycles. The fourth-order valence-electron chi connectivity index (χ4n) is 2.03. The third-order valence-corrected chi connectivity index (χ3v) is 3.81. The normalized spacial score (nSPS) is 10.4. The predicted molar refractivity (Wildman–Crippen MR) is 105 cm³/mol. The number of carbonyl (C=O) groups excluding carboxylic acids is 3. The molecular weight excluding hydrogens is 388 g/mol. The van der Waals surface area contributed by atoms with Crippen molar-refractivity contribution in [2.24, 2.45) is 5.92 Å². The highest BCUT2D eigenvalue weighted by Crippen LogP contribution is 2.36. The van der Waals surface area contributed by atoms with Gasteiger partial charge in [0.05, 0.1) is 24.3 Å². The Hall–Kier alpha value is -2.48. The van der Waals surface area contributed by atoms with Gasteiger partial charge in [-0.15, -0.1) is 0 Å². The van der Waals surface area contributed by atoms with E-state index in [9.17, 15) is 14.4 Å². The molecule has 0 atom stereocenters. The largest absolute Gasteiger partial charge is 0.493 e. The van der Waals surface area contributed by atoms with Gasteiger partial charge in [0, 0.05) is 6.54 Å². The maximum atomic E-state index is 12.2. The summed E-state index contributed by atoms with van der Waals surface area (Å²) in [5.41, 5.74) is 0.0984. The van der Waals surface area contributed by atoms with E-state index in [-0.39, 0.29) is 16.3 Å². The second-order valence-corrected chi connectivity index (χ2v) is 6.81. The zero-order valence-corrected chi connectivity index (χ0v) is 17.4. The summed E-state index contributed by atoms with van der Waals surface area (Å²) >= 11 is 6.21. The molecule has 9 heteroatoms. The molecule has 0 radical (unpaired) electrons. The number of hydrogen-bond donors (Lipinski definition) is 2. The smallest absolute Gasteiger partial charge is 0.338 e. The van der Waals surface area contributed by atoms with Crippen molar-refractivity contribution in [3.63, 3.8) is 0 Å². The van der Waals surface area contributed by atoms with Crippen molar-refractivity contribution in [3.05, 3.63) is 22.7 Å². The zero-order chi connectivity index (χ0) is 21.1. The number of rotatable bonds is 10. The number of urea groups is 1. The molecule has 1 rings (SSSR count). The molecule has 2 N–H and O–H groups in total. The molecule has 0 aromatic heterocycles. The van der Waals surface area contributed by atoms with Crippen LogP contribution in [0.15, 0.2) is 12.1 Å². The monoisotopic (exact) mass is 414 g/mol. The van der Waals surface area contributed by atoms with Gasteiger partial charge in [-0.3, -0.25) is 10.1 Å². The van der Waals surface area contributed by atoms with Crippen molar-refractivity contribution in [1.82, 2.24) is 10.6 Å². The van der Waals surface area contributed by atoms with Crippen LogP contribution >= 0.6 is 11.6 Å². The molecule has 28 heavy (non-hydrogen) atoms. The van der Waals surface area contributed by atoms with Crippen molar-refractivity contribution in [1.29, 1.82) is 0 Å². The summed E-state index contributed by atoms with van der Waals surface area (Å²) in [5, 5.41) is 4.73. The van der Waals surface area contributed by atoms with Crippen LogP contribution in [0.5, 0.6) is 11.5 Å². The second kappa shape index (κ2) is 12.1. The van der Waals surface area contributed by atoms with Crippen molar-refractivity contribution in [2.75, 3.05) is 26.9 Å². The van der Waals surface area contributed by atoms with Crippen LogP contribution in [-0.2, 0) is 9.53 Å². The Kier molecular flexibility index (Phi) is 10.2. The van der Waals surface area contributed by atoms with Crippen LogP contribution in [0.4, 0.5) is 4.79 Å². The number of hydrogen-bond acceptors (Lipinski definition) is 6.